The third-order valence-corrected chi connectivity index (χ3v) is 3.88. The van der Waals surface area contributed by atoms with Crippen LogP contribution in [0.25, 0.3) is 0 Å². The van der Waals surface area contributed by atoms with Gasteiger partial charge < -0.3 is 14.7 Å². The van der Waals surface area contributed by atoms with Crippen LogP contribution in [0.4, 0.5) is 0 Å². The number of carboxylic acid groups (broad SMARTS) is 1. The molecule has 1 heterocycles. The molecule has 1 saturated heterocycles. The van der Waals surface area contributed by atoms with E-state index in [9.17, 15) is 4.79 Å². The van der Waals surface area contributed by atoms with Gasteiger partial charge in [-0.15, -0.1) is 0 Å². The van der Waals surface area contributed by atoms with Crippen molar-refractivity contribution in [2.45, 2.75) is 38.6 Å². The SMILES string of the molecule is C[C@H]1CCCCN1CCCOc1cccc(C(=O)O)c1. The first kappa shape index (κ1) is 14.9. The summed E-state index contributed by atoms with van der Waals surface area (Å²) in [5.74, 6) is -0.283. The minimum Gasteiger partial charge on any atom is -0.494 e. The molecule has 4 nitrogen and oxygen atoms in total. The number of aromatic carboxylic acids is 1. The summed E-state index contributed by atoms with van der Waals surface area (Å²) in [6.07, 6.45) is 4.91. The number of carboxylic acids is 1. The van der Waals surface area contributed by atoms with E-state index in [0.29, 0.717) is 18.4 Å². The molecule has 0 radical (unpaired) electrons. The smallest absolute Gasteiger partial charge is 0.335 e. The summed E-state index contributed by atoms with van der Waals surface area (Å²) in [5, 5.41) is 8.92. The summed E-state index contributed by atoms with van der Waals surface area (Å²) < 4.78 is 5.63. The number of piperidine rings is 1. The summed E-state index contributed by atoms with van der Waals surface area (Å²) in [5.41, 5.74) is 0.271. The first-order valence-electron chi connectivity index (χ1n) is 7.37. The van der Waals surface area contributed by atoms with Gasteiger partial charge in [0.2, 0.25) is 0 Å². The molecule has 1 atom stereocenters. The van der Waals surface area contributed by atoms with Gasteiger partial charge in [-0.05, 0) is 50.9 Å². The number of ether oxygens (including phenoxy) is 1. The second-order valence-corrected chi connectivity index (χ2v) is 5.42. The second-order valence-electron chi connectivity index (χ2n) is 5.42. The molecule has 0 aliphatic carbocycles. The van der Waals surface area contributed by atoms with Gasteiger partial charge >= 0.3 is 5.97 Å². The van der Waals surface area contributed by atoms with E-state index in [0.717, 1.165) is 13.0 Å². The van der Waals surface area contributed by atoms with Crippen LogP contribution < -0.4 is 4.74 Å². The van der Waals surface area contributed by atoms with Crippen LogP contribution >= 0.6 is 0 Å². The van der Waals surface area contributed by atoms with E-state index in [1.165, 1.54) is 25.8 Å². The van der Waals surface area contributed by atoms with Crippen molar-refractivity contribution in [2.75, 3.05) is 19.7 Å². The Morgan fingerprint density at radius 2 is 2.30 bits per heavy atom. The zero-order valence-corrected chi connectivity index (χ0v) is 12.0. The van der Waals surface area contributed by atoms with Crippen molar-refractivity contribution in [3.05, 3.63) is 29.8 Å². The Bertz CT molecular complexity index is 447. The fraction of sp³-hybridized carbons (Fsp3) is 0.562. The molecule has 0 spiro atoms. The monoisotopic (exact) mass is 277 g/mol. The highest BCUT2D eigenvalue weighted by atomic mass is 16.5. The molecular weight excluding hydrogens is 254 g/mol. The molecule has 1 fully saturated rings. The van der Waals surface area contributed by atoms with Crippen molar-refractivity contribution >= 4 is 5.97 Å². The van der Waals surface area contributed by atoms with E-state index in [4.69, 9.17) is 9.84 Å². The highest BCUT2D eigenvalue weighted by molar-refractivity contribution is 5.87. The number of likely N-dealkylation sites (tertiary alicyclic amines) is 1. The Morgan fingerprint density at radius 3 is 3.05 bits per heavy atom. The van der Waals surface area contributed by atoms with Gasteiger partial charge in [-0.25, -0.2) is 4.79 Å². The summed E-state index contributed by atoms with van der Waals surface area (Å²) in [6.45, 7) is 5.16. The van der Waals surface area contributed by atoms with Crippen molar-refractivity contribution in [1.82, 2.24) is 4.90 Å². The van der Waals surface area contributed by atoms with Gasteiger partial charge in [0, 0.05) is 12.6 Å². The van der Waals surface area contributed by atoms with Crippen LogP contribution in [0.1, 0.15) is 43.0 Å². The van der Waals surface area contributed by atoms with Gasteiger partial charge in [0.1, 0.15) is 5.75 Å². The molecule has 0 unspecified atom stereocenters. The Balaban J connectivity index is 1.73. The quantitative estimate of drug-likeness (QED) is 0.812. The van der Waals surface area contributed by atoms with E-state index in [-0.39, 0.29) is 5.56 Å². The Kier molecular flexibility index (Phi) is 5.41. The number of rotatable bonds is 6. The van der Waals surface area contributed by atoms with Crippen LogP contribution in [-0.4, -0.2) is 41.7 Å². The van der Waals surface area contributed by atoms with Gasteiger partial charge in [0.25, 0.3) is 0 Å². The van der Waals surface area contributed by atoms with Crippen LogP contribution in [0.2, 0.25) is 0 Å². The summed E-state index contributed by atoms with van der Waals surface area (Å²) in [4.78, 5) is 13.4. The third-order valence-electron chi connectivity index (χ3n) is 3.88. The molecule has 1 aliphatic rings. The topological polar surface area (TPSA) is 49.8 Å². The van der Waals surface area contributed by atoms with Crippen LogP contribution in [0, 0.1) is 0 Å². The maximum Gasteiger partial charge on any atom is 0.335 e. The van der Waals surface area contributed by atoms with Crippen molar-refractivity contribution in [3.8, 4) is 5.75 Å². The normalized spacial score (nSPS) is 19.8. The molecule has 4 heteroatoms. The fourth-order valence-corrected chi connectivity index (χ4v) is 2.67. The first-order chi connectivity index (χ1) is 9.66. The van der Waals surface area contributed by atoms with E-state index >= 15 is 0 Å². The lowest BCUT2D eigenvalue weighted by Gasteiger charge is -2.33. The second kappa shape index (κ2) is 7.29. The standard InChI is InChI=1S/C16H23NO3/c1-13-6-2-3-9-17(13)10-5-11-20-15-8-4-7-14(12-15)16(18)19/h4,7-8,12-13H,2-3,5-6,9-11H2,1H3,(H,18,19)/t13-/m0/s1. The fourth-order valence-electron chi connectivity index (χ4n) is 2.67. The van der Waals surface area contributed by atoms with E-state index in [2.05, 4.69) is 11.8 Å². The number of nitrogens with zero attached hydrogens (tertiary/aromatic N) is 1. The molecular formula is C16H23NO3. The van der Waals surface area contributed by atoms with E-state index in [1.54, 1.807) is 24.3 Å². The van der Waals surface area contributed by atoms with Crippen LogP contribution in [0.5, 0.6) is 5.75 Å². The van der Waals surface area contributed by atoms with Gasteiger partial charge in [0.05, 0.1) is 12.2 Å². The van der Waals surface area contributed by atoms with Gasteiger partial charge in [0.15, 0.2) is 0 Å². The predicted octanol–water partition coefficient (Wildman–Crippen LogP) is 3.03. The first-order valence-corrected chi connectivity index (χ1v) is 7.37. The Labute approximate surface area is 120 Å². The van der Waals surface area contributed by atoms with E-state index in [1.807, 2.05) is 0 Å². The molecule has 1 N–H and O–H groups in total. The molecule has 1 aromatic carbocycles. The van der Waals surface area contributed by atoms with Crippen LogP contribution in [-0.2, 0) is 0 Å². The summed E-state index contributed by atoms with van der Waals surface area (Å²) in [7, 11) is 0. The predicted molar refractivity (Wildman–Crippen MR) is 78.4 cm³/mol. The molecule has 1 aliphatic heterocycles. The molecule has 20 heavy (non-hydrogen) atoms. The minimum absolute atomic E-state index is 0.271. The van der Waals surface area contributed by atoms with Gasteiger partial charge in [-0.2, -0.15) is 0 Å². The maximum absolute atomic E-state index is 10.9. The third kappa shape index (κ3) is 4.23. The summed E-state index contributed by atoms with van der Waals surface area (Å²) in [6, 6.07) is 7.34. The van der Waals surface area contributed by atoms with Crippen molar-refractivity contribution < 1.29 is 14.6 Å². The van der Waals surface area contributed by atoms with Crippen molar-refractivity contribution in [3.63, 3.8) is 0 Å². The zero-order valence-electron chi connectivity index (χ0n) is 12.0. The maximum atomic E-state index is 10.9. The number of carbonyl (C=O) groups is 1. The molecule has 0 aromatic heterocycles. The molecule has 0 saturated carbocycles. The number of hydrogen-bond donors (Lipinski definition) is 1. The van der Waals surface area contributed by atoms with Crippen molar-refractivity contribution in [1.29, 1.82) is 0 Å². The number of hydrogen-bond acceptors (Lipinski definition) is 3. The summed E-state index contributed by atoms with van der Waals surface area (Å²) >= 11 is 0. The lowest BCUT2D eigenvalue weighted by Crippen LogP contribution is -2.38. The van der Waals surface area contributed by atoms with Crippen LogP contribution in [0.15, 0.2) is 24.3 Å². The molecule has 1 aromatic rings. The van der Waals surface area contributed by atoms with Crippen LogP contribution in [0.3, 0.4) is 0 Å². The number of benzene rings is 1. The zero-order chi connectivity index (χ0) is 14.4. The Morgan fingerprint density at radius 1 is 1.45 bits per heavy atom. The molecule has 110 valence electrons. The lowest BCUT2D eigenvalue weighted by atomic mass is 10.0. The van der Waals surface area contributed by atoms with Gasteiger partial charge in [-0.3, -0.25) is 0 Å². The lowest BCUT2D eigenvalue weighted by molar-refractivity contribution is 0.0696. The largest absolute Gasteiger partial charge is 0.494 e. The Hall–Kier alpha value is -1.55. The average molecular weight is 277 g/mol. The molecule has 2 rings (SSSR count). The molecule has 0 bridgehead atoms. The van der Waals surface area contributed by atoms with Gasteiger partial charge in [-0.1, -0.05) is 12.5 Å². The minimum atomic E-state index is -0.919. The van der Waals surface area contributed by atoms with Crippen molar-refractivity contribution in [2.24, 2.45) is 0 Å². The molecule has 0 amide bonds. The average Bonchev–Trinajstić information content (AvgIpc) is 2.45. The van der Waals surface area contributed by atoms with E-state index < -0.39 is 5.97 Å². The highest BCUT2D eigenvalue weighted by Gasteiger charge is 2.17. The highest BCUT2D eigenvalue weighted by Crippen LogP contribution is 2.17.